The molecule has 0 bridgehead atoms. The molecule has 0 spiro atoms. The molecular formula is C19H29N3O3S2. The summed E-state index contributed by atoms with van der Waals surface area (Å²) in [4.78, 5) is 19.1. The summed E-state index contributed by atoms with van der Waals surface area (Å²) in [6.45, 7) is 5.38. The number of likely N-dealkylation sites (tertiary alicyclic amines) is 1. The maximum Gasteiger partial charge on any atom is 0.244 e. The zero-order chi connectivity index (χ0) is 19.4. The van der Waals surface area contributed by atoms with Crippen LogP contribution < -0.4 is 0 Å². The van der Waals surface area contributed by atoms with Gasteiger partial charge in [0.15, 0.2) is 0 Å². The third kappa shape index (κ3) is 4.84. The van der Waals surface area contributed by atoms with E-state index in [9.17, 15) is 13.2 Å². The molecule has 2 atom stereocenters. The molecule has 1 aromatic heterocycles. The van der Waals surface area contributed by atoms with Crippen molar-refractivity contribution in [1.29, 1.82) is 0 Å². The van der Waals surface area contributed by atoms with E-state index in [-0.39, 0.29) is 22.9 Å². The van der Waals surface area contributed by atoms with Crippen molar-refractivity contribution >= 4 is 27.7 Å². The number of carbonyl (C=O) groups is 1. The number of carbonyl (C=O) groups excluding carboxylic acids is 1. The van der Waals surface area contributed by atoms with E-state index in [0.29, 0.717) is 23.9 Å². The number of aromatic nitrogens is 1. The van der Waals surface area contributed by atoms with Crippen LogP contribution in [0.25, 0.3) is 0 Å². The predicted octanol–water partition coefficient (Wildman–Crippen LogP) is 3.14. The fourth-order valence-corrected chi connectivity index (χ4v) is 6.16. The predicted molar refractivity (Wildman–Crippen MR) is 107 cm³/mol. The zero-order valence-electron chi connectivity index (χ0n) is 16.1. The topological polar surface area (TPSA) is 70.6 Å². The maximum atomic E-state index is 12.7. The second-order valence-electron chi connectivity index (χ2n) is 7.52. The third-order valence-electron chi connectivity index (χ3n) is 5.49. The lowest BCUT2D eigenvalue weighted by Gasteiger charge is -2.39. The number of pyridine rings is 1. The minimum atomic E-state index is -3.46. The molecule has 1 aromatic rings. The average molecular weight is 412 g/mol. The first kappa shape index (κ1) is 20.6. The normalized spacial score (nSPS) is 24.7. The zero-order valence-corrected chi connectivity index (χ0v) is 17.8. The molecule has 0 saturated carbocycles. The average Bonchev–Trinajstić information content (AvgIpc) is 2.67. The van der Waals surface area contributed by atoms with Gasteiger partial charge in [0.1, 0.15) is 4.90 Å². The minimum absolute atomic E-state index is 0.131. The van der Waals surface area contributed by atoms with Gasteiger partial charge in [-0.05, 0) is 58.1 Å². The quantitative estimate of drug-likeness (QED) is 0.696. The maximum absolute atomic E-state index is 12.7. The fraction of sp³-hybridized carbons (Fsp3) is 0.684. The first-order valence-corrected chi connectivity index (χ1v) is 12.2. The van der Waals surface area contributed by atoms with Gasteiger partial charge in [-0.15, -0.1) is 0 Å². The van der Waals surface area contributed by atoms with Crippen LogP contribution >= 0.6 is 11.8 Å². The van der Waals surface area contributed by atoms with Crippen molar-refractivity contribution in [2.24, 2.45) is 0 Å². The number of thioether (sulfide) groups is 1. The number of rotatable bonds is 5. The first-order valence-electron chi connectivity index (χ1n) is 9.80. The minimum Gasteiger partial charge on any atom is -0.337 e. The molecule has 2 aliphatic rings. The van der Waals surface area contributed by atoms with E-state index in [1.807, 2.05) is 4.90 Å². The van der Waals surface area contributed by atoms with Crippen molar-refractivity contribution in [3.05, 3.63) is 18.3 Å². The number of hydrogen-bond donors (Lipinski definition) is 0. The Morgan fingerprint density at radius 2 is 1.78 bits per heavy atom. The van der Waals surface area contributed by atoms with Crippen LogP contribution in [0, 0.1) is 0 Å². The Labute approximate surface area is 166 Å². The molecule has 2 fully saturated rings. The number of nitrogens with zero attached hydrogens (tertiary/aromatic N) is 3. The Morgan fingerprint density at radius 1 is 1.11 bits per heavy atom. The van der Waals surface area contributed by atoms with E-state index < -0.39 is 10.0 Å². The molecule has 2 aliphatic heterocycles. The van der Waals surface area contributed by atoms with Crippen molar-refractivity contribution in [2.45, 2.75) is 74.4 Å². The summed E-state index contributed by atoms with van der Waals surface area (Å²) in [5.41, 5.74) is 0. The molecule has 0 N–H and O–H groups in total. The Bertz CT molecular complexity index is 736. The highest BCUT2D eigenvalue weighted by atomic mass is 32.2. The summed E-state index contributed by atoms with van der Waals surface area (Å²) >= 11 is 1.37. The molecule has 150 valence electrons. The molecule has 0 aliphatic carbocycles. The molecule has 0 radical (unpaired) electrons. The smallest absolute Gasteiger partial charge is 0.244 e. The molecule has 3 rings (SSSR count). The Hall–Kier alpha value is -1.12. The van der Waals surface area contributed by atoms with Crippen LogP contribution in [0.3, 0.4) is 0 Å². The lowest BCUT2D eigenvalue weighted by molar-refractivity contribution is -0.134. The monoisotopic (exact) mass is 411 g/mol. The van der Waals surface area contributed by atoms with E-state index in [2.05, 4.69) is 18.8 Å². The van der Waals surface area contributed by atoms with Gasteiger partial charge >= 0.3 is 0 Å². The van der Waals surface area contributed by atoms with Gasteiger partial charge < -0.3 is 4.90 Å². The van der Waals surface area contributed by atoms with Gasteiger partial charge in [-0.1, -0.05) is 18.2 Å². The SMILES string of the molecule is C[C@@H]1CCC[C@@H](C)N1C(=O)CSc1ccc(S(=O)(=O)N2CCCCC2)cn1. The van der Waals surface area contributed by atoms with Crippen molar-refractivity contribution in [3.63, 3.8) is 0 Å². The number of amides is 1. The molecule has 0 unspecified atom stereocenters. The van der Waals surface area contributed by atoms with Crippen molar-refractivity contribution in [1.82, 2.24) is 14.2 Å². The largest absolute Gasteiger partial charge is 0.337 e. The van der Waals surface area contributed by atoms with Crippen LogP contribution in [0.15, 0.2) is 28.3 Å². The standard InChI is InChI=1S/C19H29N3O3S2/c1-15-7-6-8-16(2)22(15)19(23)14-26-18-10-9-17(13-20-18)27(24,25)21-11-4-3-5-12-21/h9-10,13,15-16H,3-8,11-12,14H2,1-2H3/t15-,16-/m1/s1. The lowest BCUT2D eigenvalue weighted by atomic mass is 9.98. The van der Waals surface area contributed by atoms with E-state index in [4.69, 9.17) is 0 Å². The van der Waals surface area contributed by atoms with Gasteiger partial charge in [-0.3, -0.25) is 4.79 Å². The van der Waals surface area contributed by atoms with Gasteiger partial charge in [0.25, 0.3) is 0 Å². The van der Waals surface area contributed by atoms with Gasteiger partial charge in [0.05, 0.1) is 10.8 Å². The van der Waals surface area contributed by atoms with Crippen LogP contribution in [-0.4, -0.2) is 59.4 Å². The second-order valence-corrected chi connectivity index (χ2v) is 10.4. The highest BCUT2D eigenvalue weighted by molar-refractivity contribution is 7.99. The summed E-state index contributed by atoms with van der Waals surface area (Å²) in [6.07, 6.45) is 7.62. The van der Waals surface area contributed by atoms with Gasteiger partial charge in [0.2, 0.25) is 15.9 Å². The van der Waals surface area contributed by atoms with E-state index in [0.717, 1.165) is 32.1 Å². The van der Waals surface area contributed by atoms with Gasteiger partial charge in [-0.2, -0.15) is 4.31 Å². The molecule has 27 heavy (non-hydrogen) atoms. The van der Waals surface area contributed by atoms with Crippen LogP contribution in [0.5, 0.6) is 0 Å². The summed E-state index contributed by atoms with van der Waals surface area (Å²) < 4.78 is 26.9. The lowest BCUT2D eigenvalue weighted by Crippen LogP contribution is -2.48. The fourth-order valence-electron chi connectivity index (χ4n) is 3.98. The molecule has 3 heterocycles. The van der Waals surface area contributed by atoms with Gasteiger partial charge in [0, 0.05) is 31.4 Å². The van der Waals surface area contributed by atoms with E-state index >= 15 is 0 Å². The number of piperidine rings is 2. The molecule has 6 nitrogen and oxygen atoms in total. The van der Waals surface area contributed by atoms with E-state index in [1.54, 1.807) is 16.4 Å². The summed E-state index contributed by atoms with van der Waals surface area (Å²) in [7, 11) is -3.46. The van der Waals surface area contributed by atoms with Crippen molar-refractivity contribution in [2.75, 3.05) is 18.8 Å². The number of sulfonamides is 1. The summed E-state index contributed by atoms with van der Waals surface area (Å²) in [5.74, 6) is 0.464. The third-order valence-corrected chi connectivity index (χ3v) is 8.30. The summed E-state index contributed by atoms with van der Waals surface area (Å²) in [6, 6.07) is 3.88. The molecule has 2 saturated heterocycles. The summed E-state index contributed by atoms with van der Waals surface area (Å²) in [5, 5.41) is 0.679. The molecular weight excluding hydrogens is 382 g/mol. The van der Waals surface area contributed by atoms with Crippen molar-refractivity contribution in [3.8, 4) is 0 Å². The Kier molecular flexibility index (Phi) is 6.81. The van der Waals surface area contributed by atoms with Crippen molar-refractivity contribution < 1.29 is 13.2 Å². The highest BCUT2D eigenvalue weighted by Gasteiger charge is 2.29. The Morgan fingerprint density at radius 3 is 2.37 bits per heavy atom. The van der Waals surface area contributed by atoms with Crippen LogP contribution in [0.1, 0.15) is 52.4 Å². The molecule has 1 amide bonds. The highest BCUT2D eigenvalue weighted by Crippen LogP contribution is 2.26. The van der Waals surface area contributed by atoms with Gasteiger partial charge in [-0.25, -0.2) is 13.4 Å². The van der Waals surface area contributed by atoms with Crippen LogP contribution in [-0.2, 0) is 14.8 Å². The Balaban J connectivity index is 1.60. The van der Waals surface area contributed by atoms with Crippen LogP contribution in [0.4, 0.5) is 0 Å². The first-order chi connectivity index (χ1) is 12.9. The number of hydrogen-bond acceptors (Lipinski definition) is 5. The molecule has 0 aromatic carbocycles. The van der Waals surface area contributed by atoms with E-state index in [1.165, 1.54) is 24.4 Å². The second kappa shape index (κ2) is 8.92. The molecule has 8 heteroatoms. The van der Waals surface area contributed by atoms with Crippen LogP contribution in [0.2, 0.25) is 0 Å².